The molecule has 0 amide bonds. The SMILES string of the molecule is CC(C)(C)C(=O)C1(C)CCCC[C@@H]1O. The van der Waals surface area contributed by atoms with Gasteiger partial charge in [0.1, 0.15) is 5.78 Å². The van der Waals surface area contributed by atoms with Crippen LogP contribution in [-0.2, 0) is 4.79 Å². The van der Waals surface area contributed by atoms with E-state index >= 15 is 0 Å². The van der Waals surface area contributed by atoms with E-state index < -0.39 is 11.5 Å². The lowest BCUT2D eigenvalue weighted by Gasteiger charge is -2.40. The Labute approximate surface area is 86.7 Å². The Morgan fingerprint density at radius 2 is 1.93 bits per heavy atom. The highest BCUT2D eigenvalue weighted by Gasteiger charge is 2.45. The quantitative estimate of drug-likeness (QED) is 0.703. The van der Waals surface area contributed by atoms with Gasteiger partial charge < -0.3 is 5.11 Å². The van der Waals surface area contributed by atoms with Crippen LogP contribution in [0.25, 0.3) is 0 Å². The van der Waals surface area contributed by atoms with Crippen molar-refractivity contribution in [1.82, 2.24) is 0 Å². The highest BCUT2D eigenvalue weighted by atomic mass is 16.3. The number of carbonyl (C=O) groups is 1. The summed E-state index contributed by atoms with van der Waals surface area (Å²) in [6.07, 6.45) is 3.29. The molecule has 0 heterocycles. The van der Waals surface area contributed by atoms with Crippen LogP contribution in [0.2, 0.25) is 0 Å². The van der Waals surface area contributed by atoms with Gasteiger partial charge in [0, 0.05) is 5.41 Å². The minimum absolute atomic E-state index is 0.206. The molecule has 0 aromatic carbocycles. The van der Waals surface area contributed by atoms with Crippen molar-refractivity contribution in [2.24, 2.45) is 10.8 Å². The second-order valence-electron chi connectivity index (χ2n) is 5.76. The van der Waals surface area contributed by atoms with Gasteiger partial charge in [0.2, 0.25) is 0 Å². The lowest BCUT2D eigenvalue weighted by Crippen LogP contribution is -2.47. The van der Waals surface area contributed by atoms with Crippen LogP contribution in [-0.4, -0.2) is 17.0 Å². The number of Topliss-reactive ketones (excluding diaryl/α,β-unsaturated/α-hetero) is 1. The second kappa shape index (κ2) is 3.65. The fourth-order valence-electron chi connectivity index (χ4n) is 2.44. The molecule has 0 bridgehead atoms. The summed E-state index contributed by atoms with van der Waals surface area (Å²) in [4.78, 5) is 12.2. The predicted octanol–water partition coefficient (Wildman–Crippen LogP) is 2.54. The largest absolute Gasteiger partial charge is 0.392 e. The Morgan fingerprint density at radius 1 is 1.36 bits per heavy atom. The van der Waals surface area contributed by atoms with Gasteiger partial charge in [-0.3, -0.25) is 4.79 Å². The van der Waals surface area contributed by atoms with Gasteiger partial charge in [-0.05, 0) is 12.8 Å². The third-order valence-electron chi connectivity index (χ3n) is 3.36. The zero-order chi connectivity index (χ0) is 11.0. The summed E-state index contributed by atoms with van der Waals surface area (Å²) in [7, 11) is 0. The number of rotatable bonds is 1. The molecular weight excluding hydrogens is 176 g/mol. The molecule has 1 N–H and O–H groups in total. The highest BCUT2D eigenvalue weighted by Crippen LogP contribution is 2.41. The fourth-order valence-corrected chi connectivity index (χ4v) is 2.44. The summed E-state index contributed by atoms with van der Waals surface area (Å²) in [6.45, 7) is 7.72. The first kappa shape index (κ1) is 11.7. The molecule has 0 aliphatic heterocycles. The number of ketones is 1. The molecule has 0 radical (unpaired) electrons. The fraction of sp³-hybridized carbons (Fsp3) is 0.917. The van der Waals surface area contributed by atoms with Gasteiger partial charge >= 0.3 is 0 Å². The van der Waals surface area contributed by atoms with Crippen molar-refractivity contribution in [1.29, 1.82) is 0 Å². The lowest BCUT2D eigenvalue weighted by molar-refractivity contribution is -0.145. The molecule has 1 aliphatic rings. The van der Waals surface area contributed by atoms with E-state index in [4.69, 9.17) is 0 Å². The maximum atomic E-state index is 12.2. The number of hydrogen-bond donors (Lipinski definition) is 1. The molecule has 0 spiro atoms. The van der Waals surface area contributed by atoms with Crippen LogP contribution in [0, 0.1) is 10.8 Å². The molecule has 1 fully saturated rings. The van der Waals surface area contributed by atoms with Gasteiger partial charge in [-0.2, -0.15) is 0 Å². The maximum absolute atomic E-state index is 12.2. The lowest BCUT2D eigenvalue weighted by atomic mass is 9.64. The number of carbonyl (C=O) groups excluding carboxylic acids is 1. The van der Waals surface area contributed by atoms with Gasteiger partial charge in [0.25, 0.3) is 0 Å². The van der Waals surface area contributed by atoms with Gasteiger partial charge in [-0.25, -0.2) is 0 Å². The topological polar surface area (TPSA) is 37.3 Å². The molecule has 14 heavy (non-hydrogen) atoms. The molecule has 2 atom stereocenters. The smallest absolute Gasteiger partial charge is 0.146 e. The van der Waals surface area contributed by atoms with E-state index in [1.54, 1.807) is 0 Å². The van der Waals surface area contributed by atoms with Crippen molar-refractivity contribution >= 4 is 5.78 Å². The minimum Gasteiger partial charge on any atom is -0.392 e. The van der Waals surface area contributed by atoms with Crippen molar-refractivity contribution in [2.75, 3.05) is 0 Å². The predicted molar refractivity (Wildman–Crippen MR) is 57.0 cm³/mol. The standard InChI is InChI=1S/C12H22O2/c1-11(2,3)10(14)12(4)8-6-5-7-9(12)13/h9,13H,5-8H2,1-4H3/t9-,12?/m0/s1. The number of aliphatic hydroxyl groups is 1. The van der Waals surface area contributed by atoms with Gasteiger partial charge in [-0.15, -0.1) is 0 Å². The van der Waals surface area contributed by atoms with Crippen molar-refractivity contribution in [2.45, 2.75) is 59.5 Å². The van der Waals surface area contributed by atoms with Crippen LogP contribution in [0.15, 0.2) is 0 Å². The first-order chi connectivity index (χ1) is 6.28. The van der Waals surface area contributed by atoms with E-state index in [2.05, 4.69) is 0 Å². The van der Waals surface area contributed by atoms with E-state index in [1.807, 2.05) is 27.7 Å². The van der Waals surface area contributed by atoms with Gasteiger partial charge in [0.05, 0.1) is 11.5 Å². The molecule has 2 heteroatoms. The average Bonchev–Trinajstić information content (AvgIpc) is 2.07. The molecule has 82 valence electrons. The molecule has 1 aliphatic carbocycles. The van der Waals surface area contributed by atoms with Crippen LogP contribution in [0.4, 0.5) is 0 Å². The Hall–Kier alpha value is -0.370. The monoisotopic (exact) mass is 198 g/mol. The Balaban J connectivity index is 2.87. The molecule has 1 saturated carbocycles. The summed E-state index contributed by atoms with van der Waals surface area (Å²) < 4.78 is 0. The van der Waals surface area contributed by atoms with E-state index in [1.165, 1.54) is 0 Å². The van der Waals surface area contributed by atoms with E-state index in [-0.39, 0.29) is 11.2 Å². The third kappa shape index (κ3) is 2.00. The van der Waals surface area contributed by atoms with Crippen LogP contribution >= 0.6 is 0 Å². The Bertz CT molecular complexity index is 227. The molecule has 0 aromatic heterocycles. The molecule has 1 unspecified atom stereocenters. The zero-order valence-electron chi connectivity index (χ0n) is 9.76. The van der Waals surface area contributed by atoms with Crippen LogP contribution in [0.1, 0.15) is 53.4 Å². The van der Waals surface area contributed by atoms with E-state index in [0.29, 0.717) is 0 Å². The van der Waals surface area contributed by atoms with Crippen molar-refractivity contribution < 1.29 is 9.90 Å². The zero-order valence-corrected chi connectivity index (χ0v) is 9.76. The minimum atomic E-state index is -0.503. The molecule has 0 saturated heterocycles. The molecule has 2 nitrogen and oxygen atoms in total. The number of aliphatic hydroxyl groups excluding tert-OH is 1. The van der Waals surface area contributed by atoms with E-state index in [0.717, 1.165) is 25.7 Å². The summed E-state index contributed by atoms with van der Waals surface area (Å²) in [5, 5.41) is 9.94. The summed E-state index contributed by atoms with van der Waals surface area (Å²) in [5.74, 6) is 0.206. The van der Waals surface area contributed by atoms with Gasteiger partial charge in [-0.1, -0.05) is 40.5 Å². The first-order valence-corrected chi connectivity index (χ1v) is 5.51. The van der Waals surface area contributed by atoms with E-state index in [9.17, 15) is 9.90 Å². The summed E-state index contributed by atoms with van der Waals surface area (Å²) in [5.41, 5.74) is -0.844. The normalized spacial score (nSPS) is 34.2. The van der Waals surface area contributed by atoms with Gasteiger partial charge in [0.15, 0.2) is 0 Å². The first-order valence-electron chi connectivity index (χ1n) is 5.51. The number of hydrogen-bond acceptors (Lipinski definition) is 2. The van der Waals surface area contributed by atoms with Crippen molar-refractivity contribution in [3.63, 3.8) is 0 Å². The summed E-state index contributed by atoms with van der Waals surface area (Å²) >= 11 is 0. The van der Waals surface area contributed by atoms with Crippen molar-refractivity contribution in [3.8, 4) is 0 Å². The highest BCUT2D eigenvalue weighted by molar-refractivity contribution is 5.89. The van der Waals surface area contributed by atoms with Crippen molar-refractivity contribution in [3.05, 3.63) is 0 Å². The molecule has 1 rings (SSSR count). The molecule has 0 aromatic rings. The summed E-state index contributed by atoms with van der Waals surface area (Å²) in [6, 6.07) is 0. The average molecular weight is 198 g/mol. The van der Waals surface area contributed by atoms with Crippen LogP contribution in [0.3, 0.4) is 0 Å². The second-order valence-corrected chi connectivity index (χ2v) is 5.76. The third-order valence-corrected chi connectivity index (χ3v) is 3.36. The maximum Gasteiger partial charge on any atom is 0.146 e. The Kier molecular flexibility index (Phi) is 3.05. The van der Waals surface area contributed by atoms with Crippen LogP contribution in [0.5, 0.6) is 0 Å². The van der Waals surface area contributed by atoms with Crippen LogP contribution < -0.4 is 0 Å². The molecular formula is C12H22O2. The Morgan fingerprint density at radius 3 is 2.36 bits per heavy atom.